The van der Waals surface area contributed by atoms with E-state index >= 15 is 0 Å². The lowest BCUT2D eigenvalue weighted by atomic mass is 10.4. The van der Waals surface area contributed by atoms with Crippen molar-refractivity contribution in [3.8, 4) is 0 Å². The van der Waals surface area contributed by atoms with Gasteiger partial charge in [0, 0.05) is 9.81 Å². The van der Waals surface area contributed by atoms with Crippen molar-refractivity contribution in [1.82, 2.24) is 0 Å². The third-order valence-electron chi connectivity index (χ3n) is 1.28. The highest BCUT2D eigenvalue weighted by atomic mass is 33.1. The fourth-order valence-corrected chi connectivity index (χ4v) is 2.50. The van der Waals surface area contributed by atoms with Crippen molar-refractivity contribution in [2.24, 2.45) is 0 Å². The topological polar surface area (TPSA) is 0 Å². The lowest BCUT2D eigenvalue weighted by Gasteiger charge is -1.99. The number of rotatable bonds is 6. The summed E-state index contributed by atoms with van der Waals surface area (Å²) in [5, 5.41) is 0. The van der Waals surface area contributed by atoms with Crippen LogP contribution in [0.5, 0.6) is 0 Å². The summed E-state index contributed by atoms with van der Waals surface area (Å²) in [6, 6.07) is 0. The van der Waals surface area contributed by atoms with Crippen molar-refractivity contribution in [3.63, 3.8) is 0 Å². The Morgan fingerprint density at radius 1 is 1.14 bits per heavy atom. The van der Waals surface area contributed by atoms with E-state index < -0.39 is 0 Å². The molecule has 0 amide bonds. The van der Waals surface area contributed by atoms with E-state index in [1.165, 1.54) is 4.91 Å². The van der Waals surface area contributed by atoms with Crippen LogP contribution < -0.4 is 0 Å². The Balaban J connectivity index is 3.98. The van der Waals surface area contributed by atoms with Gasteiger partial charge in [-0.3, -0.25) is 0 Å². The van der Waals surface area contributed by atoms with Gasteiger partial charge >= 0.3 is 0 Å². The van der Waals surface area contributed by atoms with Gasteiger partial charge in [-0.2, -0.15) is 0 Å². The first-order valence-corrected chi connectivity index (χ1v) is 6.51. The van der Waals surface area contributed by atoms with Gasteiger partial charge < -0.3 is 0 Å². The zero-order chi connectivity index (χ0) is 10.8. The molecule has 76 valence electrons. The molecule has 0 spiro atoms. The molecule has 0 nitrogen and oxygen atoms in total. The Morgan fingerprint density at radius 2 is 1.86 bits per heavy atom. The molecule has 0 fully saturated rings. The van der Waals surface area contributed by atoms with Crippen LogP contribution >= 0.6 is 21.6 Å². The fraction of sp³-hybridized carbons (Fsp3) is 0.167. The predicted octanol–water partition coefficient (Wildman–Crippen LogP) is 5.10. The molecular formula is C12H16S2. The second-order valence-corrected chi connectivity index (χ2v) is 4.75. The monoisotopic (exact) mass is 224 g/mol. The summed E-state index contributed by atoms with van der Waals surface area (Å²) >= 11 is 0. The summed E-state index contributed by atoms with van der Waals surface area (Å²) in [4.78, 5) is 2.27. The molecule has 0 unspecified atom stereocenters. The van der Waals surface area contributed by atoms with Gasteiger partial charge in [0.15, 0.2) is 0 Å². The summed E-state index contributed by atoms with van der Waals surface area (Å²) in [5.41, 5.74) is 0. The van der Waals surface area contributed by atoms with Gasteiger partial charge in [-0.25, -0.2) is 0 Å². The van der Waals surface area contributed by atoms with Crippen molar-refractivity contribution < 1.29 is 0 Å². The van der Waals surface area contributed by atoms with Crippen LogP contribution in [0, 0.1) is 0 Å². The van der Waals surface area contributed by atoms with Crippen molar-refractivity contribution in [3.05, 3.63) is 59.4 Å². The summed E-state index contributed by atoms with van der Waals surface area (Å²) in [6.07, 6.45) is 11.8. The molecule has 0 bridgehead atoms. The predicted molar refractivity (Wildman–Crippen MR) is 72.2 cm³/mol. The molecule has 0 atom stereocenters. The highest BCUT2D eigenvalue weighted by Crippen LogP contribution is 2.36. The first-order valence-electron chi connectivity index (χ1n) is 4.36. The second kappa shape index (κ2) is 8.97. The number of hydrogen-bond acceptors (Lipinski definition) is 2. The van der Waals surface area contributed by atoms with Crippen LogP contribution in [0.25, 0.3) is 0 Å². The maximum absolute atomic E-state index is 3.91. The number of hydrogen-bond donors (Lipinski definition) is 0. The van der Waals surface area contributed by atoms with Crippen LogP contribution in [0.3, 0.4) is 0 Å². The third-order valence-corrected chi connectivity index (χ3v) is 3.75. The molecule has 0 aromatic rings. The van der Waals surface area contributed by atoms with Crippen LogP contribution in [0.15, 0.2) is 59.4 Å². The molecule has 0 radical (unpaired) electrons. The Bertz CT molecular complexity index is 270. The Hall–Kier alpha value is -0.600. The zero-order valence-corrected chi connectivity index (χ0v) is 10.3. The van der Waals surface area contributed by atoms with E-state index in [4.69, 9.17) is 0 Å². The highest BCUT2D eigenvalue weighted by molar-refractivity contribution is 8.79. The fourth-order valence-electron chi connectivity index (χ4n) is 0.641. The quantitative estimate of drug-likeness (QED) is 0.454. The molecular weight excluding hydrogens is 208 g/mol. The Kier molecular flexibility index (Phi) is 8.59. The molecule has 14 heavy (non-hydrogen) atoms. The molecule has 0 aliphatic carbocycles. The molecule has 0 saturated heterocycles. The second-order valence-electron chi connectivity index (χ2n) is 2.42. The Labute approximate surface area is 95.0 Å². The average molecular weight is 224 g/mol. The van der Waals surface area contributed by atoms with Crippen LogP contribution in [0.4, 0.5) is 0 Å². The van der Waals surface area contributed by atoms with Crippen LogP contribution in [0.1, 0.15) is 13.8 Å². The van der Waals surface area contributed by atoms with E-state index in [0.717, 1.165) is 4.91 Å². The van der Waals surface area contributed by atoms with E-state index in [1.54, 1.807) is 27.7 Å². The Morgan fingerprint density at radius 3 is 2.36 bits per heavy atom. The van der Waals surface area contributed by atoms with Gasteiger partial charge in [0.2, 0.25) is 0 Å². The number of allylic oxidation sites excluding steroid dienone is 6. The van der Waals surface area contributed by atoms with Crippen LogP contribution in [-0.2, 0) is 0 Å². The van der Waals surface area contributed by atoms with Gasteiger partial charge in [0.25, 0.3) is 0 Å². The normalized spacial score (nSPS) is 12.6. The van der Waals surface area contributed by atoms with Crippen LogP contribution in [-0.4, -0.2) is 0 Å². The summed E-state index contributed by atoms with van der Waals surface area (Å²) in [6.45, 7) is 11.6. The van der Waals surface area contributed by atoms with Gasteiger partial charge in [-0.15, -0.1) is 0 Å². The first-order chi connectivity index (χ1) is 6.74. The van der Waals surface area contributed by atoms with Gasteiger partial charge in [-0.05, 0) is 19.9 Å². The zero-order valence-electron chi connectivity index (χ0n) is 8.69. The molecule has 0 aromatic carbocycles. The molecule has 0 aliphatic rings. The molecule has 0 aromatic heterocycles. The molecule has 0 aliphatic heterocycles. The van der Waals surface area contributed by atoms with E-state index in [0.29, 0.717) is 0 Å². The van der Waals surface area contributed by atoms with Crippen molar-refractivity contribution in [2.75, 3.05) is 0 Å². The van der Waals surface area contributed by atoms with Crippen molar-refractivity contribution in [1.29, 1.82) is 0 Å². The maximum Gasteiger partial charge on any atom is 0.0140 e. The standard InChI is InChI=1S/C12H16S2/c1-5-8-10-11(4)13-14-12(7-3)9-6-2/h5-10H,1,4H2,2-3H3/b9-6-,10-8-,12-7+. The summed E-state index contributed by atoms with van der Waals surface area (Å²) < 4.78 is 0. The van der Waals surface area contributed by atoms with Gasteiger partial charge in [0.05, 0.1) is 0 Å². The van der Waals surface area contributed by atoms with Gasteiger partial charge in [-0.1, -0.05) is 65.1 Å². The smallest absolute Gasteiger partial charge is 0.0140 e. The van der Waals surface area contributed by atoms with Crippen LogP contribution in [0.2, 0.25) is 0 Å². The molecule has 2 heteroatoms. The SMILES string of the molecule is C=C/C=C\C(=C)SSC(/C=C\C)=C/C. The molecule has 0 heterocycles. The van der Waals surface area contributed by atoms with E-state index in [1.807, 2.05) is 32.1 Å². The van der Waals surface area contributed by atoms with E-state index in [2.05, 4.69) is 25.3 Å². The van der Waals surface area contributed by atoms with E-state index in [-0.39, 0.29) is 0 Å². The summed E-state index contributed by atoms with van der Waals surface area (Å²) in [5.74, 6) is 0. The molecule has 0 N–H and O–H groups in total. The molecule has 0 rings (SSSR count). The van der Waals surface area contributed by atoms with Gasteiger partial charge in [0.1, 0.15) is 0 Å². The lowest BCUT2D eigenvalue weighted by molar-refractivity contribution is 1.66. The minimum atomic E-state index is 1.03. The first kappa shape index (κ1) is 13.4. The average Bonchev–Trinajstić information content (AvgIpc) is 2.21. The largest absolute Gasteiger partial charge is 0.0991 e. The summed E-state index contributed by atoms with van der Waals surface area (Å²) in [7, 11) is 3.37. The third kappa shape index (κ3) is 6.87. The van der Waals surface area contributed by atoms with Crippen molar-refractivity contribution in [2.45, 2.75) is 13.8 Å². The maximum atomic E-state index is 3.91. The minimum Gasteiger partial charge on any atom is -0.0991 e. The molecule has 0 saturated carbocycles. The highest BCUT2D eigenvalue weighted by Gasteiger charge is 1.94. The lowest BCUT2D eigenvalue weighted by Crippen LogP contribution is -1.66. The minimum absolute atomic E-state index is 1.03. The van der Waals surface area contributed by atoms with Crippen molar-refractivity contribution >= 4 is 21.6 Å². The van der Waals surface area contributed by atoms with E-state index in [9.17, 15) is 0 Å².